The average molecular weight is 872 g/mol. The Morgan fingerprint density at radius 2 is 1.61 bits per heavy atom. The number of aliphatic hydroxyl groups excluding tert-OH is 2. The zero-order valence-corrected chi connectivity index (χ0v) is 37.7. The van der Waals surface area contributed by atoms with Crippen LogP contribution in [0.1, 0.15) is 106 Å². The number of piperidine rings is 1. The van der Waals surface area contributed by atoms with Crippen LogP contribution in [-0.4, -0.2) is 125 Å². The molecule has 1 aromatic rings. The van der Waals surface area contributed by atoms with Gasteiger partial charge in [-0.2, -0.15) is 0 Å². The molecule has 0 aromatic heterocycles. The summed E-state index contributed by atoms with van der Waals surface area (Å²) in [6, 6.07) is 8.04. The van der Waals surface area contributed by atoms with E-state index in [1.165, 1.54) is 14.2 Å². The molecular formula is C48H70FNO12. The number of Topliss-reactive ketones (excluding diaryl/α,β-unsaturated/α-hetero) is 2. The summed E-state index contributed by atoms with van der Waals surface area (Å²) in [7, 11) is 2.88. The van der Waals surface area contributed by atoms with Gasteiger partial charge in [0.2, 0.25) is 5.79 Å². The van der Waals surface area contributed by atoms with Crippen molar-refractivity contribution in [3.63, 3.8) is 0 Å². The molecule has 4 aliphatic rings. The fourth-order valence-electron chi connectivity index (χ4n) is 9.84. The minimum atomic E-state index is -2.61. The van der Waals surface area contributed by atoms with Crippen LogP contribution in [0.4, 0.5) is 4.39 Å². The van der Waals surface area contributed by atoms with E-state index in [-0.39, 0.29) is 43.9 Å². The fraction of sp³-hybridized carbons (Fsp3) is 0.708. The third kappa shape index (κ3) is 11.4. The molecular weight excluding hydrogens is 802 g/mol. The van der Waals surface area contributed by atoms with E-state index in [1.54, 1.807) is 40.7 Å². The zero-order chi connectivity index (χ0) is 45.5. The summed E-state index contributed by atoms with van der Waals surface area (Å²) in [6.45, 7) is 10.2. The second-order valence-electron chi connectivity index (χ2n) is 18.3. The van der Waals surface area contributed by atoms with E-state index in [2.05, 4.69) is 0 Å². The SMILES string of the molecule is CCC1/C=C(\C)C(F)C(C)CC(OC)C2OC(O)(C(=O)C(=O)N3CCCCC3C(=O)OC(C(C)=CC3CCC(O)C(Oc4ccccc4)C3)C(C)C(O)CC1=O)C(C)CC2OC. The topological polar surface area (TPSA) is 178 Å². The smallest absolute Gasteiger partial charge is 0.329 e. The number of aliphatic hydroxyl groups is 3. The van der Waals surface area contributed by atoms with E-state index in [1.807, 2.05) is 43.3 Å². The van der Waals surface area contributed by atoms with Gasteiger partial charge in [-0.15, -0.1) is 0 Å². The summed E-state index contributed by atoms with van der Waals surface area (Å²) in [6.07, 6.45) is -1.05. The highest BCUT2D eigenvalue weighted by molar-refractivity contribution is 6.39. The summed E-state index contributed by atoms with van der Waals surface area (Å²) in [5.74, 6) is -8.62. The van der Waals surface area contributed by atoms with Crippen molar-refractivity contribution >= 4 is 23.4 Å². The van der Waals surface area contributed by atoms with Gasteiger partial charge in [0.25, 0.3) is 11.7 Å². The number of para-hydroxylation sites is 1. The van der Waals surface area contributed by atoms with E-state index in [9.17, 15) is 34.5 Å². The molecule has 3 N–H and O–H groups in total. The van der Waals surface area contributed by atoms with Gasteiger partial charge in [-0.3, -0.25) is 14.4 Å². The Morgan fingerprint density at radius 3 is 2.27 bits per heavy atom. The number of amides is 1. The number of hydrogen-bond donors (Lipinski definition) is 3. The first-order valence-electron chi connectivity index (χ1n) is 22.6. The van der Waals surface area contributed by atoms with Crippen LogP contribution < -0.4 is 4.74 Å². The number of esters is 1. The second-order valence-corrected chi connectivity index (χ2v) is 18.3. The molecule has 1 aromatic carbocycles. The van der Waals surface area contributed by atoms with Crippen LogP contribution in [0, 0.1) is 29.6 Å². The van der Waals surface area contributed by atoms with Gasteiger partial charge in [0, 0.05) is 44.9 Å². The quantitative estimate of drug-likeness (QED) is 0.169. The summed E-state index contributed by atoms with van der Waals surface area (Å²) in [4.78, 5) is 58.0. The predicted molar refractivity (Wildman–Crippen MR) is 228 cm³/mol. The molecule has 3 heterocycles. The lowest BCUT2D eigenvalue weighted by atomic mass is 9.81. The fourth-order valence-corrected chi connectivity index (χ4v) is 9.84. The van der Waals surface area contributed by atoms with Gasteiger partial charge in [0.15, 0.2) is 0 Å². The van der Waals surface area contributed by atoms with Gasteiger partial charge >= 0.3 is 5.97 Å². The highest BCUT2D eigenvalue weighted by Crippen LogP contribution is 2.40. The minimum absolute atomic E-state index is 0.0408. The summed E-state index contributed by atoms with van der Waals surface area (Å²) < 4.78 is 46.5. The van der Waals surface area contributed by atoms with E-state index in [4.69, 9.17) is 23.7 Å². The van der Waals surface area contributed by atoms with E-state index in [0.29, 0.717) is 55.4 Å². The van der Waals surface area contributed by atoms with Crippen LogP contribution >= 0.6 is 0 Å². The standard InChI is InChI=1S/C48H70FNO12/c1-9-33-22-27(2)42(49)28(3)23-40(58-7)44-41(59-8)24-30(5)48(57,62-44)45(54)46(55)50-20-14-13-17-35(50)47(56)61-43(31(6)37(52)26-38(33)53)29(4)21-32-18-19-36(51)39(25-32)60-34-15-11-10-12-16-34/h10-12,15-16,21-22,28,30-33,35-37,39-44,51-52,57H,9,13-14,17-20,23-26H2,1-8H3/b27-22+,29-21?. The summed E-state index contributed by atoms with van der Waals surface area (Å²) >= 11 is 0. The van der Waals surface area contributed by atoms with Gasteiger partial charge in [-0.1, -0.05) is 58.0 Å². The molecule has 1 aliphatic carbocycles. The minimum Gasteiger partial charge on any atom is -0.488 e. The van der Waals surface area contributed by atoms with Crippen molar-refractivity contribution in [1.29, 1.82) is 0 Å². The number of rotatable bonds is 7. The van der Waals surface area contributed by atoms with Gasteiger partial charge in [-0.05, 0) is 107 Å². The molecule has 5 rings (SSSR count). The Kier molecular flexibility index (Phi) is 17.5. The first-order valence-corrected chi connectivity index (χ1v) is 22.6. The summed E-state index contributed by atoms with van der Waals surface area (Å²) in [5.41, 5.74) is 0.927. The molecule has 15 atom stereocenters. The first-order chi connectivity index (χ1) is 29.4. The molecule has 14 heteroatoms. The van der Waals surface area contributed by atoms with Crippen LogP contribution in [0.25, 0.3) is 0 Å². The third-order valence-corrected chi connectivity index (χ3v) is 13.8. The molecule has 3 fully saturated rings. The number of cyclic esters (lactones) is 1. The average Bonchev–Trinajstić information content (AvgIpc) is 3.26. The van der Waals surface area contributed by atoms with E-state index >= 15 is 4.39 Å². The van der Waals surface area contributed by atoms with Gasteiger partial charge in [-0.25, -0.2) is 9.18 Å². The molecule has 2 bridgehead atoms. The maximum absolute atomic E-state index is 16.3. The van der Waals surface area contributed by atoms with Crippen molar-refractivity contribution in [2.75, 3.05) is 20.8 Å². The van der Waals surface area contributed by atoms with Crippen molar-refractivity contribution in [2.24, 2.45) is 29.6 Å². The number of nitrogens with zero attached hydrogens (tertiary/aromatic N) is 1. The normalized spacial score (nSPS) is 39.8. The second kappa shape index (κ2) is 21.9. The zero-order valence-electron chi connectivity index (χ0n) is 37.7. The number of hydrogen-bond acceptors (Lipinski definition) is 12. The number of carbonyl (C=O) groups excluding carboxylic acids is 4. The Hall–Kier alpha value is -3.53. The number of halogens is 1. The Labute approximate surface area is 366 Å². The van der Waals surface area contributed by atoms with Crippen molar-refractivity contribution in [2.45, 2.75) is 166 Å². The molecule has 2 saturated heterocycles. The predicted octanol–water partition coefficient (Wildman–Crippen LogP) is 5.85. The lowest BCUT2D eigenvalue weighted by molar-refractivity contribution is -0.302. The number of allylic oxidation sites excluding steroid dienone is 3. The number of alkyl halides is 1. The molecule has 1 amide bonds. The van der Waals surface area contributed by atoms with Crippen LogP contribution in [-0.2, 0) is 38.1 Å². The molecule has 1 saturated carbocycles. The molecule has 0 spiro atoms. The van der Waals surface area contributed by atoms with E-state index in [0.717, 1.165) is 4.90 Å². The number of ketones is 2. The largest absolute Gasteiger partial charge is 0.488 e. The molecule has 0 radical (unpaired) electrons. The first kappa shape index (κ1) is 49.5. The Balaban J connectivity index is 1.52. The number of benzene rings is 1. The van der Waals surface area contributed by atoms with Crippen molar-refractivity contribution in [1.82, 2.24) is 4.90 Å². The van der Waals surface area contributed by atoms with Crippen molar-refractivity contribution < 1.29 is 62.6 Å². The molecule has 13 nitrogen and oxygen atoms in total. The number of carbonyl (C=O) groups is 4. The highest BCUT2D eigenvalue weighted by atomic mass is 19.1. The monoisotopic (exact) mass is 871 g/mol. The maximum Gasteiger partial charge on any atom is 0.329 e. The number of fused-ring (bicyclic) bond motifs is 3. The summed E-state index contributed by atoms with van der Waals surface area (Å²) in [5, 5.41) is 34.7. The lowest BCUT2D eigenvalue weighted by Gasteiger charge is -2.47. The van der Waals surface area contributed by atoms with Crippen LogP contribution in [0.2, 0.25) is 0 Å². The highest BCUT2D eigenvalue weighted by Gasteiger charge is 2.57. The van der Waals surface area contributed by atoms with Crippen LogP contribution in [0.15, 0.2) is 53.6 Å². The van der Waals surface area contributed by atoms with Crippen LogP contribution in [0.3, 0.4) is 0 Å². The lowest BCUT2D eigenvalue weighted by Crippen LogP contribution is -2.64. The molecule has 3 aliphatic heterocycles. The maximum atomic E-state index is 16.3. The molecule has 346 valence electrons. The number of ether oxygens (including phenoxy) is 5. The van der Waals surface area contributed by atoms with Gasteiger partial charge in [0.1, 0.15) is 42.1 Å². The van der Waals surface area contributed by atoms with Crippen molar-refractivity contribution in [3.05, 3.63) is 53.6 Å². The number of methoxy groups -OCH3 is 2. The molecule has 62 heavy (non-hydrogen) atoms. The van der Waals surface area contributed by atoms with Gasteiger partial charge in [0.05, 0.1) is 24.4 Å². The Bertz CT molecular complexity index is 1760. The van der Waals surface area contributed by atoms with E-state index < -0.39 is 102 Å². The van der Waals surface area contributed by atoms with Crippen LogP contribution in [0.5, 0.6) is 5.75 Å². The third-order valence-electron chi connectivity index (χ3n) is 13.8. The van der Waals surface area contributed by atoms with Gasteiger partial charge < -0.3 is 43.9 Å². The molecule has 15 unspecified atom stereocenters. The van der Waals surface area contributed by atoms with Crippen molar-refractivity contribution in [3.8, 4) is 5.75 Å². The Morgan fingerprint density at radius 1 is 0.935 bits per heavy atom.